The van der Waals surface area contributed by atoms with E-state index < -0.39 is 18.2 Å². The highest BCUT2D eigenvalue weighted by molar-refractivity contribution is 5.72. The number of carboxylic acid groups (broad SMARTS) is 2. The van der Waals surface area contributed by atoms with Gasteiger partial charge in [0.15, 0.2) is 0 Å². The Hall–Kier alpha value is -2.08. The van der Waals surface area contributed by atoms with Crippen molar-refractivity contribution in [3.8, 4) is 5.75 Å². The predicted octanol–water partition coefficient (Wildman–Crippen LogP) is 0.0955. The van der Waals surface area contributed by atoms with Gasteiger partial charge in [-0.3, -0.25) is 4.79 Å². The summed E-state index contributed by atoms with van der Waals surface area (Å²) in [6.45, 7) is 0. The van der Waals surface area contributed by atoms with Gasteiger partial charge in [-0.05, 0) is 6.07 Å². The third kappa shape index (κ3) is 3.25. The minimum absolute atomic E-state index is 0.0415. The molecule has 0 spiro atoms. The van der Waals surface area contributed by atoms with Crippen molar-refractivity contribution in [3.63, 3.8) is 0 Å². The number of benzene rings is 1. The number of hydrogen-bond acceptors (Lipinski definition) is 4. The molecule has 3 N–H and O–H groups in total. The molecule has 0 heterocycles. The van der Waals surface area contributed by atoms with Crippen molar-refractivity contribution in [3.05, 3.63) is 29.8 Å². The van der Waals surface area contributed by atoms with Crippen molar-refractivity contribution in [2.24, 2.45) is 0 Å². The lowest BCUT2D eigenvalue weighted by atomic mass is 10.1. The van der Waals surface area contributed by atoms with Crippen molar-refractivity contribution >= 4 is 11.9 Å². The minimum Gasteiger partial charge on any atom is -0.481 e. The highest BCUT2D eigenvalue weighted by Crippen LogP contribution is 2.19. The summed E-state index contributed by atoms with van der Waals surface area (Å²) in [5.74, 6) is -2.56. The number of ether oxygens (including phenoxy) is 1. The normalized spacial score (nSPS) is 11.8. The Morgan fingerprint density at radius 2 is 1.88 bits per heavy atom. The van der Waals surface area contributed by atoms with Gasteiger partial charge in [-0.25, -0.2) is 4.79 Å². The Morgan fingerprint density at radius 1 is 1.25 bits per heavy atom. The highest BCUT2D eigenvalue weighted by Gasteiger charge is 2.17. The van der Waals surface area contributed by atoms with E-state index in [0.29, 0.717) is 5.56 Å². The summed E-state index contributed by atoms with van der Waals surface area (Å²) in [7, 11) is 0. The van der Waals surface area contributed by atoms with Crippen molar-refractivity contribution in [1.82, 2.24) is 0 Å². The third-order valence-electron chi connectivity index (χ3n) is 1.76. The van der Waals surface area contributed by atoms with Crippen molar-refractivity contribution in [1.29, 1.82) is 0 Å². The summed E-state index contributed by atoms with van der Waals surface area (Å²) in [5, 5.41) is 26.0. The molecule has 0 aliphatic heterocycles. The molecule has 0 fully saturated rings. The molecule has 6 nitrogen and oxygen atoms in total. The molecule has 1 unspecified atom stereocenters. The zero-order chi connectivity index (χ0) is 12.1. The SMILES string of the molecule is O=C(O)Cc1ccccc1OC(O)C(=O)O. The summed E-state index contributed by atoms with van der Waals surface area (Å²) in [6, 6.07) is 6.02. The molecular weight excluding hydrogens is 216 g/mol. The Kier molecular flexibility index (Phi) is 3.84. The average Bonchev–Trinajstić information content (AvgIpc) is 2.20. The first-order valence-electron chi connectivity index (χ1n) is 4.38. The molecule has 0 amide bonds. The molecule has 1 rings (SSSR count). The lowest BCUT2D eigenvalue weighted by molar-refractivity contribution is -0.162. The van der Waals surface area contributed by atoms with Crippen LogP contribution < -0.4 is 4.74 Å². The van der Waals surface area contributed by atoms with E-state index in [2.05, 4.69) is 0 Å². The van der Waals surface area contributed by atoms with E-state index in [1.807, 2.05) is 0 Å². The summed E-state index contributed by atoms with van der Waals surface area (Å²) in [6.07, 6.45) is -2.31. The van der Waals surface area contributed by atoms with Crippen molar-refractivity contribution in [2.75, 3.05) is 0 Å². The Labute approximate surface area is 90.7 Å². The quantitative estimate of drug-likeness (QED) is 0.615. The number of aliphatic carboxylic acids is 2. The van der Waals surface area contributed by atoms with Crippen LogP contribution in [-0.2, 0) is 16.0 Å². The van der Waals surface area contributed by atoms with Gasteiger partial charge in [0.25, 0.3) is 6.29 Å². The second-order valence-corrected chi connectivity index (χ2v) is 2.99. The van der Waals surface area contributed by atoms with E-state index in [0.717, 1.165) is 0 Å². The molecule has 86 valence electrons. The summed E-state index contributed by atoms with van der Waals surface area (Å²) in [5.41, 5.74) is 0.301. The second kappa shape index (κ2) is 5.13. The number of rotatable bonds is 5. The van der Waals surface area contributed by atoms with Crippen LogP contribution in [-0.4, -0.2) is 33.5 Å². The van der Waals surface area contributed by atoms with E-state index in [1.54, 1.807) is 12.1 Å². The molecule has 0 saturated heterocycles. The summed E-state index contributed by atoms with van der Waals surface area (Å²) >= 11 is 0. The van der Waals surface area contributed by atoms with Gasteiger partial charge in [0.05, 0.1) is 6.42 Å². The maximum absolute atomic E-state index is 10.5. The monoisotopic (exact) mass is 226 g/mol. The molecule has 0 aromatic heterocycles. The predicted molar refractivity (Wildman–Crippen MR) is 52.1 cm³/mol. The fourth-order valence-electron chi connectivity index (χ4n) is 1.10. The number of aliphatic hydroxyl groups is 1. The number of hydrogen-bond donors (Lipinski definition) is 3. The zero-order valence-corrected chi connectivity index (χ0v) is 8.16. The zero-order valence-electron chi connectivity index (χ0n) is 8.16. The van der Waals surface area contributed by atoms with E-state index in [9.17, 15) is 9.59 Å². The minimum atomic E-state index is -2.00. The number of carboxylic acids is 2. The van der Waals surface area contributed by atoms with Gasteiger partial charge in [-0.15, -0.1) is 0 Å². The van der Waals surface area contributed by atoms with Gasteiger partial charge in [0.1, 0.15) is 5.75 Å². The molecule has 1 aromatic carbocycles. The van der Waals surface area contributed by atoms with Crippen LogP contribution in [0.5, 0.6) is 5.75 Å². The van der Waals surface area contributed by atoms with Gasteiger partial charge in [-0.1, -0.05) is 18.2 Å². The van der Waals surface area contributed by atoms with E-state index in [-0.39, 0.29) is 12.2 Å². The second-order valence-electron chi connectivity index (χ2n) is 2.99. The lowest BCUT2D eigenvalue weighted by Crippen LogP contribution is -2.26. The van der Waals surface area contributed by atoms with Crippen LogP contribution in [0, 0.1) is 0 Å². The molecule has 1 atom stereocenters. The van der Waals surface area contributed by atoms with Gasteiger partial charge < -0.3 is 20.1 Å². The molecule has 0 radical (unpaired) electrons. The molecule has 0 aliphatic rings. The maximum atomic E-state index is 10.5. The van der Waals surface area contributed by atoms with Crippen LogP contribution in [0.3, 0.4) is 0 Å². The molecule has 0 bridgehead atoms. The molecule has 1 aromatic rings. The summed E-state index contributed by atoms with van der Waals surface area (Å²) < 4.78 is 4.70. The van der Waals surface area contributed by atoms with Gasteiger partial charge in [-0.2, -0.15) is 0 Å². The Bertz CT molecular complexity index is 400. The number of carbonyl (C=O) groups is 2. The van der Waals surface area contributed by atoms with Crippen molar-refractivity contribution < 1.29 is 29.6 Å². The smallest absolute Gasteiger partial charge is 0.373 e. The fraction of sp³-hybridized carbons (Fsp3) is 0.200. The summed E-state index contributed by atoms with van der Waals surface area (Å²) in [4.78, 5) is 20.9. The maximum Gasteiger partial charge on any atom is 0.373 e. The largest absolute Gasteiger partial charge is 0.481 e. The van der Waals surface area contributed by atoms with Crippen LogP contribution >= 0.6 is 0 Å². The van der Waals surface area contributed by atoms with Gasteiger partial charge >= 0.3 is 11.9 Å². The standard InChI is InChI=1S/C10H10O6/c11-8(12)5-6-3-1-2-4-7(6)16-10(15)9(13)14/h1-4,10,15H,5H2,(H,11,12)(H,13,14). The van der Waals surface area contributed by atoms with Crippen LogP contribution in [0.2, 0.25) is 0 Å². The molecular formula is C10H10O6. The van der Waals surface area contributed by atoms with Crippen LogP contribution in [0.15, 0.2) is 24.3 Å². The first-order valence-corrected chi connectivity index (χ1v) is 4.38. The van der Waals surface area contributed by atoms with Crippen molar-refractivity contribution in [2.45, 2.75) is 12.7 Å². The molecule has 0 aliphatic carbocycles. The third-order valence-corrected chi connectivity index (χ3v) is 1.76. The Balaban J connectivity index is 2.86. The van der Waals surface area contributed by atoms with Crippen LogP contribution in [0.4, 0.5) is 0 Å². The molecule has 0 saturated carbocycles. The van der Waals surface area contributed by atoms with Gasteiger partial charge in [0.2, 0.25) is 0 Å². The first-order chi connectivity index (χ1) is 7.50. The average molecular weight is 226 g/mol. The first kappa shape index (κ1) is 12.0. The Morgan fingerprint density at radius 3 is 2.44 bits per heavy atom. The number of para-hydroxylation sites is 1. The lowest BCUT2D eigenvalue weighted by Gasteiger charge is -2.12. The molecule has 16 heavy (non-hydrogen) atoms. The fourth-order valence-corrected chi connectivity index (χ4v) is 1.10. The molecule has 6 heteroatoms. The number of aliphatic hydroxyl groups excluding tert-OH is 1. The highest BCUT2D eigenvalue weighted by atomic mass is 16.6. The van der Waals surface area contributed by atoms with Crippen LogP contribution in [0.25, 0.3) is 0 Å². The van der Waals surface area contributed by atoms with Crippen LogP contribution in [0.1, 0.15) is 5.56 Å². The van der Waals surface area contributed by atoms with E-state index >= 15 is 0 Å². The topological polar surface area (TPSA) is 104 Å². The van der Waals surface area contributed by atoms with Gasteiger partial charge in [0, 0.05) is 5.56 Å². The van der Waals surface area contributed by atoms with E-state index in [1.165, 1.54) is 12.1 Å². The van der Waals surface area contributed by atoms with E-state index in [4.69, 9.17) is 20.1 Å².